The first-order chi connectivity index (χ1) is 6.63. The molecule has 0 fully saturated rings. The molecule has 6 nitrogen and oxygen atoms in total. The summed E-state index contributed by atoms with van der Waals surface area (Å²) in [4.78, 5) is 14.8. The Morgan fingerprint density at radius 3 is 1.53 bits per heavy atom. The number of hydrogen-bond donors (Lipinski definition) is 7. The summed E-state index contributed by atoms with van der Waals surface area (Å²) in [6, 6.07) is 0. The Kier molecular flexibility index (Phi) is 11.7. The van der Waals surface area contributed by atoms with Crippen molar-refractivity contribution in [2.24, 2.45) is 5.50 Å². The third kappa shape index (κ3) is 40.1. The molecule has 0 amide bonds. The highest BCUT2D eigenvalue weighted by Crippen LogP contribution is 2.20. The van der Waals surface area contributed by atoms with Gasteiger partial charge in [-0.05, 0) is 0 Å². The third-order valence-corrected chi connectivity index (χ3v) is 1.28. The lowest BCUT2D eigenvalue weighted by atomic mass is 10.6. The zero-order valence-corrected chi connectivity index (χ0v) is 11.8. The smallest absolute Gasteiger partial charge is 0.369 e. The summed E-state index contributed by atoms with van der Waals surface area (Å²) in [6.45, 7) is 1.42. The fourth-order valence-corrected chi connectivity index (χ4v) is 0.767. The van der Waals surface area contributed by atoms with Gasteiger partial charge in [0.15, 0.2) is 0 Å². The molecule has 0 bridgehead atoms. The molecule has 90 valence electrons. The summed E-state index contributed by atoms with van der Waals surface area (Å²) in [5, 5.41) is 5.68. The van der Waals surface area contributed by atoms with Gasteiger partial charge in [0.25, 0.3) is 0 Å². The van der Waals surface area contributed by atoms with E-state index in [1.54, 1.807) is 0 Å². The fourth-order valence-electron chi connectivity index (χ4n) is 0.339. The molecule has 0 atom stereocenters. The topological polar surface area (TPSA) is 108 Å². The molecule has 0 aliphatic heterocycles. The highest BCUT2D eigenvalue weighted by Gasteiger charge is 1.96. The number of nitrogens with one attached hydrogen (secondary N) is 2. The van der Waals surface area contributed by atoms with Crippen LogP contribution in [-0.4, -0.2) is 31.5 Å². The molecule has 0 aromatic rings. The number of rotatable bonds is 3. The monoisotopic (exact) mass is 309 g/mol. The molecule has 6 N–H and O–H groups in total. The van der Waals surface area contributed by atoms with Gasteiger partial charge < -0.3 is 20.4 Å². The molecule has 0 unspecified atom stereocenters. The Morgan fingerprint density at radius 1 is 1.20 bits per heavy atom. The summed E-state index contributed by atoms with van der Waals surface area (Å²) >= 11 is 17.0. The summed E-state index contributed by atoms with van der Waals surface area (Å²) in [6.07, 6.45) is 0. The van der Waals surface area contributed by atoms with Crippen molar-refractivity contribution < 1.29 is 14.4 Å². The van der Waals surface area contributed by atoms with E-state index in [9.17, 15) is 0 Å². The van der Waals surface area contributed by atoms with Crippen molar-refractivity contribution in [1.82, 2.24) is 10.6 Å². The third-order valence-electron chi connectivity index (χ3n) is 0.677. The average molecular weight is 309 g/mol. The first-order valence-corrected chi connectivity index (χ1v) is 6.80. The molecule has 15 heavy (non-hydrogen) atoms. The second-order valence-corrected chi connectivity index (χ2v) is 5.55. The quantitative estimate of drug-likeness (QED) is 0.164. The van der Waals surface area contributed by atoms with Gasteiger partial charge in [0, 0.05) is 13.1 Å². The maximum absolute atomic E-state index is 9.10. The second-order valence-electron chi connectivity index (χ2n) is 2.05. The van der Waals surface area contributed by atoms with E-state index in [0.29, 0.717) is 21.7 Å². The highest BCUT2D eigenvalue weighted by atomic mass is 32.1. The van der Waals surface area contributed by atoms with Crippen molar-refractivity contribution in [1.29, 1.82) is 0 Å². The largest absolute Gasteiger partial charge is 0.397 e. The van der Waals surface area contributed by atoms with E-state index in [-0.39, 0.29) is 0 Å². The van der Waals surface area contributed by atoms with Gasteiger partial charge >= 0.3 is 7.75 Å². The summed E-state index contributed by atoms with van der Waals surface area (Å²) < 4.78 is 10.1. The zero-order chi connectivity index (χ0) is 12.5. The second kappa shape index (κ2) is 9.79. The molecule has 0 radical (unpaired) electrons. The number of hydrogen-bond acceptors (Lipinski definition) is 3. The standard InChI is InChI=1S/C4H8N2S4.H4NO3P/c7-3(8)5-1-2-6-4(9)10;1-5(2,3)4/h1-2H2,(H2,5,7,8)(H2,6,9,10);(H4,1,2,3,4). The van der Waals surface area contributed by atoms with Crippen LogP contribution in [0.4, 0.5) is 0 Å². The lowest BCUT2D eigenvalue weighted by Gasteiger charge is -2.03. The molecular weight excluding hydrogens is 297 g/mol. The van der Waals surface area contributed by atoms with Gasteiger partial charge in [0.05, 0.1) is 0 Å². The molecular formula is C4H12N3O3PS4. The molecule has 0 aromatic heterocycles. The van der Waals surface area contributed by atoms with Crippen LogP contribution >= 0.6 is 57.4 Å². The minimum Gasteiger partial charge on any atom is -0.369 e. The molecule has 11 heteroatoms. The Hall–Kier alpha value is 0.590. The predicted molar refractivity (Wildman–Crippen MR) is 75.4 cm³/mol. The van der Waals surface area contributed by atoms with Crippen molar-refractivity contribution in [2.45, 2.75) is 0 Å². The summed E-state index contributed by atoms with van der Waals surface area (Å²) in [5.74, 6) is 0. The maximum Gasteiger partial charge on any atom is 0.397 e. The van der Waals surface area contributed by atoms with Gasteiger partial charge in [-0.2, -0.15) is 0 Å². The number of thiocarbonyl (C=S) groups is 2. The van der Waals surface area contributed by atoms with Gasteiger partial charge in [0.1, 0.15) is 8.64 Å². The van der Waals surface area contributed by atoms with Crippen LogP contribution in [-0.2, 0) is 4.57 Å². The zero-order valence-electron chi connectivity index (χ0n) is 7.45. The Morgan fingerprint density at radius 2 is 1.40 bits per heavy atom. The van der Waals surface area contributed by atoms with Gasteiger partial charge in [-0.1, -0.05) is 24.4 Å². The summed E-state index contributed by atoms with van der Waals surface area (Å²) in [5.41, 5.74) is 4.02. The highest BCUT2D eigenvalue weighted by molar-refractivity contribution is 8.11. The van der Waals surface area contributed by atoms with Crippen LogP contribution in [0.5, 0.6) is 0 Å². The lowest BCUT2D eigenvalue weighted by Crippen LogP contribution is -2.29. The SMILES string of the molecule is NP(=O)(O)O.S=C(S)NCCNC(=S)S. The van der Waals surface area contributed by atoms with Gasteiger partial charge in [-0.25, -0.2) is 10.1 Å². The minimum absolute atomic E-state index is 0.492. The molecule has 0 aliphatic carbocycles. The van der Waals surface area contributed by atoms with Crippen LogP contribution in [0.2, 0.25) is 0 Å². The van der Waals surface area contributed by atoms with Crippen LogP contribution in [0.15, 0.2) is 0 Å². The Labute approximate surface area is 109 Å². The van der Waals surface area contributed by atoms with Crippen molar-refractivity contribution in [2.75, 3.05) is 13.1 Å². The summed E-state index contributed by atoms with van der Waals surface area (Å²) in [7, 11) is -4.14. The van der Waals surface area contributed by atoms with Gasteiger partial charge in [-0.3, -0.25) is 0 Å². The van der Waals surface area contributed by atoms with Crippen LogP contribution in [0.25, 0.3) is 0 Å². The Bertz CT molecular complexity index is 233. The average Bonchev–Trinajstić information content (AvgIpc) is 1.94. The van der Waals surface area contributed by atoms with Crippen molar-refractivity contribution in [3.8, 4) is 0 Å². The van der Waals surface area contributed by atoms with E-state index in [2.05, 4.69) is 65.8 Å². The van der Waals surface area contributed by atoms with Crippen LogP contribution in [0.3, 0.4) is 0 Å². The first-order valence-electron chi connectivity index (χ1n) is 3.40. The van der Waals surface area contributed by atoms with Crippen LogP contribution in [0, 0.1) is 0 Å². The van der Waals surface area contributed by atoms with Crippen LogP contribution < -0.4 is 16.1 Å². The first kappa shape index (κ1) is 18.0. The van der Waals surface area contributed by atoms with Gasteiger partial charge in [0.2, 0.25) is 0 Å². The molecule has 0 saturated heterocycles. The van der Waals surface area contributed by atoms with E-state index in [0.717, 1.165) is 0 Å². The van der Waals surface area contributed by atoms with E-state index in [1.807, 2.05) is 0 Å². The number of thiol groups is 2. The normalized spacial score (nSPS) is 9.67. The predicted octanol–water partition coefficient (Wildman–Crippen LogP) is -0.367. The van der Waals surface area contributed by atoms with E-state index in [1.165, 1.54) is 0 Å². The lowest BCUT2D eigenvalue weighted by molar-refractivity contribution is 0.374. The number of nitrogens with two attached hydrogens (primary N) is 1. The fraction of sp³-hybridized carbons (Fsp3) is 0.500. The van der Waals surface area contributed by atoms with Crippen molar-refractivity contribution >= 4 is 66.1 Å². The van der Waals surface area contributed by atoms with Crippen LogP contribution in [0.1, 0.15) is 0 Å². The maximum atomic E-state index is 9.10. The van der Waals surface area contributed by atoms with E-state index >= 15 is 0 Å². The molecule has 0 rings (SSSR count). The molecule has 0 heterocycles. The minimum atomic E-state index is -4.14. The Balaban J connectivity index is 0. The van der Waals surface area contributed by atoms with E-state index in [4.69, 9.17) is 14.4 Å². The van der Waals surface area contributed by atoms with E-state index < -0.39 is 7.75 Å². The molecule has 0 saturated carbocycles. The van der Waals surface area contributed by atoms with Crippen molar-refractivity contribution in [3.63, 3.8) is 0 Å². The van der Waals surface area contributed by atoms with Gasteiger partial charge in [-0.15, -0.1) is 25.3 Å². The van der Waals surface area contributed by atoms with Crippen molar-refractivity contribution in [3.05, 3.63) is 0 Å². The molecule has 0 aliphatic rings. The molecule has 0 aromatic carbocycles. The molecule has 0 spiro atoms.